The maximum absolute atomic E-state index is 13.2. The lowest BCUT2D eigenvalue weighted by Crippen LogP contribution is -2.19. The van der Waals surface area contributed by atoms with Crippen molar-refractivity contribution in [3.63, 3.8) is 0 Å². The second-order valence-corrected chi connectivity index (χ2v) is 3.44. The van der Waals surface area contributed by atoms with Crippen LogP contribution in [0.5, 0.6) is 0 Å². The summed E-state index contributed by atoms with van der Waals surface area (Å²) < 4.78 is 13.2. The summed E-state index contributed by atoms with van der Waals surface area (Å²) in [7, 11) is 0. The molecule has 14 heavy (non-hydrogen) atoms. The molecule has 0 radical (unpaired) electrons. The number of aromatic nitrogens is 1. The lowest BCUT2D eigenvalue weighted by molar-refractivity contribution is -0.140. The number of pyridine rings is 1. The van der Waals surface area contributed by atoms with E-state index in [9.17, 15) is 9.18 Å². The topological polar surface area (TPSA) is 50.2 Å². The first kappa shape index (κ1) is 10.6. The van der Waals surface area contributed by atoms with Gasteiger partial charge in [0.05, 0.1) is 5.92 Å². The predicted octanol–water partition coefficient (Wildman–Crippen LogP) is 2.04. The average molecular weight is 197 g/mol. The standard InChI is InChI=1S/C10H12FNO2/c1-6(2)8(10(13)14)7-4-3-5-12-9(7)11/h3-6,8H,1-2H3,(H,13,14). The highest BCUT2D eigenvalue weighted by atomic mass is 19.1. The molecule has 1 heterocycles. The number of halogens is 1. The largest absolute Gasteiger partial charge is 0.481 e. The third kappa shape index (κ3) is 2.07. The molecule has 0 aliphatic heterocycles. The van der Waals surface area contributed by atoms with Gasteiger partial charge in [0.15, 0.2) is 0 Å². The summed E-state index contributed by atoms with van der Waals surface area (Å²) in [6.07, 6.45) is 1.30. The summed E-state index contributed by atoms with van der Waals surface area (Å²) in [5, 5.41) is 8.93. The van der Waals surface area contributed by atoms with Crippen molar-refractivity contribution in [1.29, 1.82) is 0 Å². The van der Waals surface area contributed by atoms with Crippen molar-refractivity contribution in [3.05, 3.63) is 29.8 Å². The molecule has 4 heteroatoms. The van der Waals surface area contributed by atoms with E-state index < -0.39 is 17.8 Å². The van der Waals surface area contributed by atoms with Crippen LogP contribution in [0.1, 0.15) is 25.3 Å². The van der Waals surface area contributed by atoms with Gasteiger partial charge in [-0.15, -0.1) is 0 Å². The summed E-state index contributed by atoms with van der Waals surface area (Å²) in [5.74, 6) is -2.71. The second kappa shape index (κ2) is 4.17. The molecule has 1 unspecified atom stereocenters. The second-order valence-electron chi connectivity index (χ2n) is 3.44. The molecule has 1 aromatic rings. The van der Waals surface area contributed by atoms with Crippen LogP contribution in [0.3, 0.4) is 0 Å². The van der Waals surface area contributed by atoms with Gasteiger partial charge in [-0.2, -0.15) is 4.39 Å². The minimum Gasteiger partial charge on any atom is -0.481 e. The van der Waals surface area contributed by atoms with Crippen molar-refractivity contribution in [2.24, 2.45) is 5.92 Å². The van der Waals surface area contributed by atoms with Gasteiger partial charge in [0, 0.05) is 11.8 Å². The molecule has 1 aromatic heterocycles. The van der Waals surface area contributed by atoms with Gasteiger partial charge in [0.2, 0.25) is 5.95 Å². The van der Waals surface area contributed by atoms with Crippen LogP contribution in [-0.2, 0) is 4.79 Å². The number of carboxylic acids is 1. The summed E-state index contributed by atoms with van der Waals surface area (Å²) in [6.45, 7) is 3.48. The molecule has 3 nitrogen and oxygen atoms in total. The normalized spacial score (nSPS) is 12.9. The Morgan fingerprint density at radius 1 is 1.57 bits per heavy atom. The van der Waals surface area contributed by atoms with Crippen LogP contribution < -0.4 is 0 Å². The van der Waals surface area contributed by atoms with E-state index in [0.717, 1.165) is 0 Å². The first-order chi connectivity index (χ1) is 6.54. The van der Waals surface area contributed by atoms with E-state index in [1.165, 1.54) is 18.3 Å². The fourth-order valence-electron chi connectivity index (χ4n) is 1.41. The van der Waals surface area contributed by atoms with Gasteiger partial charge in [0.1, 0.15) is 0 Å². The smallest absolute Gasteiger partial charge is 0.311 e. The zero-order valence-corrected chi connectivity index (χ0v) is 8.07. The molecule has 0 saturated heterocycles. The molecule has 76 valence electrons. The summed E-state index contributed by atoms with van der Waals surface area (Å²) in [6, 6.07) is 3.00. The molecule has 0 saturated carbocycles. The van der Waals surface area contributed by atoms with Crippen LogP contribution in [0.2, 0.25) is 0 Å². The fourth-order valence-corrected chi connectivity index (χ4v) is 1.41. The van der Waals surface area contributed by atoms with Gasteiger partial charge >= 0.3 is 5.97 Å². The molecule has 0 bridgehead atoms. The Morgan fingerprint density at radius 3 is 2.64 bits per heavy atom. The minimum absolute atomic E-state index is 0.148. The number of carbonyl (C=O) groups is 1. The van der Waals surface area contributed by atoms with Crippen LogP contribution in [0.15, 0.2) is 18.3 Å². The molecule has 1 N–H and O–H groups in total. The Balaban J connectivity index is 3.12. The van der Waals surface area contributed by atoms with Gasteiger partial charge in [-0.25, -0.2) is 4.98 Å². The SMILES string of the molecule is CC(C)C(C(=O)O)c1cccnc1F. The van der Waals surface area contributed by atoms with Crippen molar-refractivity contribution in [2.75, 3.05) is 0 Å². The van der Waals surface area contributed by atoms with E-state index in [-0.39, 0.29) is 11.5 Å². The molecular weight excluding hydrogens is 185 g/mol. The molecule has 0 fully saturated rings. The number of carboxylic acid groups (broad SMARTS) is 1. The van der Waals surface area contributed by atoms with Crippen molar-refractivity contribution in [1.82, 2.24) is 4.98 Å². The molecule has 1 atom stereocenters. The van der Waals surface area contributed by atoms with Crippen LogP contribution in [0, 0.1) is 11.9 Å². The third-order valence-electron chi connectivity index (χ3n) is 2.06. The number of nitrogens with zero attached hydrogens (tertiary/aromatic N) is 1. The summed E-state index contributed by atoms with van der Waals surface area (Å²) >= 11 is 0. The maximum atomic E-state index is 13.2. The van der Waals surface area contributed by atoms with Gasteiger partial charge in [-0.1, -0.05) is 19.9 Å². The predicted molar refractivity (Wildman–Crippen MR) is 49.4 cm³/mol. The molecule has 0 aliphatic rings. The van der Waals surface area contributed by atoms with Crippen LogP contribution in [0.25, 0.3) is 0 Å². The number of hydrogen-bond donors (Lipinski definition) is 1. The summed E-state index contributed by atoms with van der Waals surface area (Å²) in [4.78, 5) is 14.3. The Labute approximate surface area is 81.6 Å². The lowest BCUT2D eigenvalue weighted by Gasteiger charge is -2.16. The molecule has 1 rings (SSSR count). The van der Waals surface area contributed by atoms with E-state index in [0.29, 0.717) is 0 Å². The zero-order chi connectivity index (χ0) is 10.7. The quantitative estimate of drug-likeness (QED) is 0.754. The van der Waals surface area contributed by atoms with E-state index in [2.05, 4.69) is 4.98 Å². The molecule has 0 aromatic carbocycles. The summed E-state index contributed by atoms with van der Waals surface area (Å²) in [5.41, 5.74) is 0.148. The Kier molecular flexibility index (Phi) is 3.17. The third-order valence-corrected chi connectivity index (χ3v) is 2.06. The lowest BCUT2D eigenvalue weighted by atomic mass is 9.89. The van der Waals surface area contributed by atoms with Gasteiger partial charge in [-0.05, 0) is 12.0 Å². The molecule has 0 amide bonds. The highest BCUT2D eigenvalue weighted by Crippen LogP contribution is 2.25. The van der Waals surface area contributed by atoms with Crippen molar-refractivity contribution < 1.29 is 14.3 Å². The van der Waals surface area contributed by atoms with Gasteiger partial charge in [0.25, 0.3) is 0 Å². The number of rotatable bonds is 3. The monoisotopic (exact) mass is 197 g/mol. The average Bonchev–Trinajstić information content (AvgIpc) is 2.07. The van der Waals surface area contributed by atoms with E-state index in [1.54, 1.807) is 13.8 Å². The van der Waals surface area contributed by atoms with Gasteiger partial charge < -0.3 is 5.11 Å². The zero-order valence-electron chi connectivity index (χ0n) is 8.07. The maximum Gasteiger partial charge on any atom is 0.311 e. The van der Waals surface area contributed by atoms with Crippen molar-refractivity contribution >= 4 is 5.97 Å². The van der Waals surface area contributed by atoms with Crippen LogP contribution in [-0.4, -0.2) is 16.1 Å². The minimum atomic E-state index is -1.02. The van der Waals surface area contributed by atoms with E-state index in [1.807, 2.05) is 0 Å². The van der Waals surface area contributed by atoms with E-state index >= 15 is 0 Å². The molecule has 0 aliphatic carbocycles. The Hall–Kier alpha value is -1.45. The Bertz CT molecular complexity index is 339. The van der Waals surface area contributed by atoms with Crippen molar-refractivity contribution in [2.45, 2.75) is 19.8 Å². The number of aliphatic carboxylic acids is 1. The molecule has 0 spiro atoms. The first-order valence-corrected chi connectivity index (χ1v) is 4.37. The fraction of sp³-hybridized carbons (Fsp3) is 0.400. The number of hydrogen-bond acceptors (Lipinski definition) is 2. The van der Waals surface area contributed by atoms with Crippen LogP contribution in [0.4, 0.5) is 4.39 Å². The molecular formula is C10H12FNO2. The van der Waals surface area contributed by atoms with Crippen molar-refractivity contribution in [3.8, 4) is 0 Å². The highest BCUT2D eigenvalue weighted by Gasteiger charge is 2.26. The Morgan fingerprint density at radius 2 is 2.21 bits per heavy atom. The highest BCUT2D eigenvalue weighted by molar-refractivity contribution is 5.76. The van der Waals surface area contributed by atoms with Gasteiger partial charge in [-0.3, -0.25) is 4.79 Å². The van der Waals surface area contributed by atoms with Crippen LogP contribution >= 0.6 is 0 Å². The first-order valence-electron chi connectivity index (χ1n) is 4.37. The van der Waals surface area contributed by atoms with E-state index in [4.69, 9.17) is 5.11 Å².